The first-order valence-corrected chi connectivity index (χ1v) is 9.98. The molecule has 1 rings (SSSR count). The molecule has 5 heteroatoms. The van der Waals surface area contributed by atoms with Crippen molar-refractivity contribution in [2.75, 3.05) is 72.0 Å². The third kappa shape index (κ3) is 13.9. The molecule has 0 saturated carbocycles. The molecule has 1 saturated heterocycles. The molecule has 0 unspecified atom stereocenters. The van der Waals surface area contributed by atoms with Crippen LogP contribution in [0.3, 0.4) is 0 Å². The lowest BCUT2D eigenvalue weighted by molar-refractivity contribution is 0.266. The Morgan fingerprint density at radius 3 is 1.52 bits per heavy atom. The Morgan fingerprint density at radius 2 is 1.00 bits per heavy atom. The molecule has 1 fully saturated rings. The lowest BCUT2D eigenvalue weighted by Crippen LogP contribution is -2.39. The summed E-state index contributed by atoms with van der Waals surface area (Å²) in [5.74, 6) is 0. The fourth-order valence-corrected chi connectivity index (χ4v) is 2.96. The molecule has 0 aromatic heterocycles. The number of unbranched alkanes of at least 4 members (excludes halogenated alkanes) is 5. The number of nitrogens with one attached hydrogen (secondary N) is 4. The Balaban J connectivity index is 2.15. The van der Waals surface area contributed by atoms with E-state index in [4.69, 9.17) is 0 Å². The number of nitrogens with zero attached hydrogens (tertiary/aromatic N) is 1. The predicted molar refractivity (Wildman–Crippen MR) is 101 cm³/mol. The molecule has 0 bridgehead atoms. The minimum absolute atomic E-state index is 1.06. The summed E-state index contributed by atoms with van der Waals surface area (Å²) in [6.07, 6.45) is 8.32. The van der Waals surface area contributed by atoms with Crippen LogP contribution in [0.25, 0.3) is 0 Å². The minimum atomic E-state index is 1.06. The van der Waals surface area contributed by atoms with E-state index in [2.05, 4.69) is 33.1 Å². The van der Waals surface area contributed by atoms with Gasteiger partial charge in [-0.2, -0.15) is 0 Å². The zero-order valence-electron chi connectivity index (χ0n) is 15.5. The first-order chi connectivity index (χ1) is 11.4. The molecule has 23 heavy (non-hydrogen) atoms. The first kappa shape index (κ1) is 20.8. The second-order valence-corrected chi connectivity index (χ2v) is 6.61. The molecule has 0 aromatic rings. The van der Waals surface area contributed by atoms with Crippen LogP contribution in [-0.2, 0) is 0 Å². The molecule has 1 heterocycles. The monoisotopic (exact) mass is 327 g/mol. The van der Waals surface area contributed by atoms with Crippen LogP contribution in [0.15, 0.2) is 0 Å². The maximum Gasteiger partial charge on any atom is 0.0107 e. The maximum atomic E-state index is 3.56. The lowest BCUT2D eigenvalue weighted by Gasteiger charge is -2.23. The van der Waals surface area contributed by atoms with E-state index in [1.165, 1.54) is 58.2 Å². The van der Waals surface area contributed by atoms with Crippen LogP contribution in [0.5, 0.6) is 0 Å². The highest BCUT2D eigenvalue weighted by molar-refractivity contribution is 4.65. The van der Waals surface area contributed by atoms with Crippen molar-refractivity contribution in [1.82, 2.24) is 26.2 Å². The van der Waals surface area contributed by atoms with Gasteiger partial charge in [-0.3, -0.25) is 0 Å². The Hall–Kier alpha value is -0.200. The van der Waals surface area contributed by atoms with Crippen LogP contribution in [0, 0.1) is 0 Å². The van der Waals surface area contributed by atoms with Gasteiger partial charge in [0.25, 0.3) is 0 Å². The zero-order valence-corrected chi connectivity index (χ0v) is 15.5. The van der Waals surface area contributed by atoms with E-state index < -0.39 is 0 Å². The zero-order chi connectivity index (χ0) is 16.4. The molecule has 0 spiro atoms. The summed E-state index contributed by atoms with van der Waals surface area (Å²) in [6, 6.07) is 0. The molecule has 138 valence electrons. The number of hydrogen-bond acceptors (Lipinski definition) is 5. The van der Waals surface area contributed by atoms with Crippen LogP contribution >= 0.6 is 0 Å². The molecular formula is C18H41N5. The summed E-state index contributed by atoms with van der Waals surface area (Å²) >= 11 is 0. The minimum Gasteiger partial charge on any atom is -0.314 e. The van der Waals surface area contributed by atoms with Crippen LogP contribution < -0.4 is 21.3 Å². The normalized spacial score (nSPS) is 20.7. The molecule has 0 atom stereocenters. The fourth-order valence-electron chi connectivity index (χ4n) is 2.96. The first-order valence-electron chi connectivity index (χ1n) is 9.98. The van der Waals surface area contributed by atoms with E-state index in [-0.39, 0.29) is 0 Å². The smallest absolute Gasteiger partial charge is 0.0107 e. The Morgan fingerprint density at radius 1 is 0.565 bits per heavy atom. The predicted octanol–water partition coefficient (Wildman–Crippen LogP) is 1.02. The fraction of sp³-hybridized carbons (Fsp3) is 1.00. The van der Waals surface area contributed by atoms with Gasteiger partial charge < -0.3 is 26.2 Å². The van der Waals surface area contributed by atoms with E-state index in [1.807, 2.05) is 0 Å². The molecule has 5 nitrogen and oxygen atoms in total. The van der Waals surface area contributed by atoms with Crippen molar-refractivity contribution in [3.8, 4) is 0 Å². The number of hydrogen-bond donors (Lipinski definition) is 4. The summed E-state index contributed by atoms with van der Waals surface area (Å²) in [5, 5.41) is 14.0. The quantitative estimate of drug-likeness (QED) is 0.526. The highest BCUT2D eigenvalue weighted by Gasteiger charge is 2.04. The van der Waals surface area contributed by atoms with Gasteiger partial charge in [-0.25, -0.2) is 0 Å². The summed E-state index contributed by atoms with van der Waals surface area (Å²) in [4.78, 5) is 2.63. The topological polar surface area (TPSA) is 51.4 Å². The summed E-state index contributed by atoms with van der Waals surface area (Å²) < 4.78 is 0. The van der Waals surface area contributed by atoms with E-state index in [1.54, 1.807) is 0 Å². The van der Waals surface area contributed by atoms with Crippen molar-refractivity contribution in [2.45, 2.75) is 45.4 Å². The van der Waals surface area contributed by atoms with Crippen molar-refractivity contribution >= 4 is 0 Å². The van der Waals surface area contributed by atoms with E-state index in [0.717, 1.165) is 52.4 Å². The molecule has 0 aromatic carbocycles. The highest BCUT2D eigenvalue weighted by atomic mass is 15.2. The second-order valence-electron chi connectivity index (χ2n) is 6.61. The van der Waals surface area contributed by atoms with Crippen molar-refractivity contribution in [3.63, 3.8) is 0 Å². The highest BCUT2D eigenvalue weighted by Crippen LogP contribution is 2.05. The van der Waals surface area contributed by atoms with Crippen molar-refractivity contribution in [1.29, 1.82) is 0 Å². The van der Waals surface area contributed by atoms with Gasteiger partial charge in [-0.05, 0) is 13.0 Å². The second kappa shape index (κ2) is 16.7. The molecule has 1 aliphatic heterocycles. The van der Waals surface area contributed by atoms with E-state index >= 15 is 0 Å². The van der Waals surface area contributed by atoms with Crippen LogP contribution in [0.4, 0.5) is 0 Å². The van der Waals surface area contributed by atoms with Gasteiger partial charge in [0.1, 0.15) is 0 Å². The summed E-state index contributed by atoms with van der Waals surface area (Å²) in [6.45, 7) is 14.5. The Labute approximate surface area is 144 Å². The van der Waals surface area contributed by atoms with Gasteiger partial charge in [-0.15, -0.1) is 0 Å². The van der Waals surface area contributed by atoms with Gasteiger partial charge in [0.05, 0.1) is 0 Å². The van der Waals surface area contributed by atoms with Crippen LogP contribution in [-0.4, -0.2) is 76.9 Å². The van der Waals surface area contributed by atoms with Gasteiger partial charge in [0.15, 0.2) is 0 Å². The number of rotatable bonds is 7. The van der Waals surface area contributed by atoms with Crippen LogP contribution in [0.1, 0.15) is 45.4 Å². The standard InChI is InChI=1S/C18H41N5/c1-2-3-4-5-6-7-16-23-17-14-21-12-10-19-8-9-20-11-13-22-15-18-23/h19-22H,2-18H2,1H3. The van der Waals surface area contributed by atoms with Gasteiger partial charge in [0.2, 0.25) is 0 Å². The van der Waals surface area contributed by atoms with Crippen LogP contribution in [0.2, 0.25) is 0 Å². The summed E-state index contributed by atoms with van der Waals surface area (Å²) in [5.41, 5.74) is 0. The van der Waals surface area contributed by atoms with Gasteiger partial charge >= 0.3 is 0 Å². The molecule has 4 N–H and O–H groups in total. The largest absolute Gasteiger partial charge is 0.314 e. The molecule has 0 aliphatic carbocycles. The molecule has 0 radical (unpaired) electrons. The van der Waals surface area contributed by atoms with Gasteiger partial charge in [0, 0.05) is 65.4 Å². The maximum absolute atomic E-state index is 3.56. The van der Waals surface area contributed by atoms with Crippen molar-refractivity contribution < 1.29 is 0 Å². The molecule has 0 amide bonds. The van der Waals surface area contributed by atoms with E-state index in [0.29, 0.717) is 0 Å². The van der Waals surface area contributed by atoms with Gasteiger partial charge in [-0.1, -0.05) is 39.0 Å². The summed E-state index contributed by atoms with van der Waals surface area (Å²) in [7, 11) is 0. The Bertz CT molecular complexity index is 221. The average Bonchev–Trinajstić information content (AvgIpc) is 2.57. The SMILES string of the molecule is CCCCCCCCN1CCNCCNCCNCCNCC1. The van der Waals surface area contributed by atoms with Crippen molar-refractivity contribution in [2.24, 2.45) is 0 Å². The third-order valence-electron chi connectivity index (χ3n) is 4.47. The van der Waals surface area contributed by atoms with E-state index in [9.17, 15) is 0 Å². The lowest BCUT2D eigenvalue weighted by atomic mass is 10.1. The average molecular weight is 328 g/mol. The Kier molecular flexibility index (Phi) is 15.1. The molecule has 1 aliphatic rings. The van der Waals surface area contributed by atoms with Crippen molar-refractivity contribution in [3.05, 3.63) is 0 Å². The molecular weight excluding hydrogens is 286 g/mol. The third-order valence-corrected chi connectivity index (χ3v) is 4.47.